The second-order valence-corrected chi connectivity index (χ2v) is 7.45. The van der Waals surface area contributed by atoms with E-state index in [1.165, 1.54) is 6.20 Å². The summed E-state index contributed by atoms with van der Waals surface area (Å²) in [5, 5.41) is 4.11. The van der Waals surface area contributed by atoms with Crippen LogP contribution >= 0.6 is 0 Å². The Morgan fingerprint density at radius 2 is 2.20 bits per heavy atom. The number of rotatable bonds is 5. The highest BCUT2D eigenvalue weighted by Crippen LogP contribution is 2.28. The summed E-state index contributed by atoms with van der Waals surface area (Å²) in [7, 11) is -3.43. The highest BCUT2D eigenvalue weighted by atomic mass is 32.2. The van der Waals surface area contributed by atoms with E-state index >= 15 is 0 Å². The molecule has 0 radical (unpaired) electrons. The van der Waals surface area contributed by atoms with Gasteiger partial charge >= 0.3 is 0 Å². The van der Waals surface area contributed by atoms with E-state index in [-0.39, 0.29) is 10.9 Å². The maximum absolute atomic E-state index is 12.7. The van der Waals surface area contributed by atoms with Crippen LogP contribution in [0.3, 0.4) is 0 Å². The second kappa shape index (κ2) is 6.24. The fourth-order valence-corrected chi connectivity index (χ4v) is 4.35. The van der Waals surface area contributed by atoms with Crippen molar-refractivity contribution in [2.75, 3.05) is 13.1 Å². The molecule has 2 unspecified atom stereocenters. The van der Waals surface area contributed by atoms with Gasteiger partial charge in [0.2, 0.25) is 10.0 Å². The van der Waals surface area contributed by atoms with Crippen molar-refractivity contribution in [3.8, 4) is 0 Å². The molecule has 1 aliphatic rings. The number of piperidine rings is 1. The number of hydrogen-bond acceptors (Lipinski definition) is 4. The summed E-state index contributed by atoms with van der Waals surface area (Å²) in [5.74, 6) is 0.394. The minimum atomic E-state index is -3.43. The van der Waals surface area contributed by atoms with Crippen molar-refractivity contribution in [2.45, 2.75) is 50.6 Å². The van der Waals surface area contributed by atoms with Gasteiger partial charge in [0.05, 0.1) is 6.20 Å². The van der Waals surface area contributed by atoms with Crippen LogP contribution in [0.1, 0.15) is 33.1 Å². The maximum atomic E-state index is 12.7. The van der Waals surface area contributed by atoms with Gasteiger partial charge in [-0.25, -0.2) is 8.42 Å². The molecule has 0 aliphatic carbocycles. The van der Waals surface area contributed by atoms with E-state index in [9.17, 15) is 8.42 Å². The maximum Gasteiger partial charge on any atom is 0.246 e. The van der Waals surface area contributed by atoms with Crippen LogP contribution in [-0.2, 0) is 16.6 Å². The van der Waals surface area contributed by atoms with E-state index in [1.807, 2.05) is 6.92 Å². The van der Waals surface area contributed by atoms with E-state index < -0.39 is 10.0 Å². The van der Waals surface area contributed by atoms with Crippen molar-refractivity contribution in [1.29, 1.82) is 0 Å². The molecule has 2 N–H and O–H groups in total. The van der Waals surface area contributed by atoms with Crippen molar-refractivity contribution in [3.05, 3.63) is 12.4 Å². The number of nitrogens with two attached hydrogens (primary N) is 1. The van der Waals surface area contributed by atoms with Crippen molar-refractivity contribution in [1.82, 2.24) is 14.1 Å². The van der Waals surface area contributed by atoms with E-state index in [1.54, 1.807) is 15.2 Å². The molecule has 0 spiro atoms. The first-order valence-electron chi connectivity index (χ1n) is 7.21. The van der Waals surface area contributed by atoms with Crippen molar-refractivity contribution < 1.29 is 8.42 Å². The normalized spacial score (nSPS) is 24.9. The summed E-state index contributed by atoms with van der Waals surface area (Å²) in [5.41, 5.74) is 5.45. The summed E-state index contributed by atoms with van der Waals surface area (Å²) in [6.07, 6.45) is 5.85. The molecule has 1 aromatic heterocycles. The first-order valence-corrected chi connectivity index (χ1v) is 8.65. The van der Waals surface area contributed by atoms with Gasteiger partial charge in [0.25, 0.3) is 0 Å². The molecule has 1 aromatic rings. The first kappa shape index (κ1) is 15.5. The van der Waals surface area contributed by atoms with Gasteiger partial charge in [-0.15, -0.1) is 0 Å². The molecule has 1 fully saturated rings. The minimum absolute atomic E-state index is 0.0427. The molecule has 2 rings (SSSR count). The Hall–Kier alpha value is -0.920. The number of aryl methyl sites for hydroxylation is 1. The van der Waals surface area contributed by atoms with Gasteiger partial charge in [0, 0.05) is 25.3 Å². The number of nitrogens with zero attached hydrogens (tertiary/aromatic N) is 3. The smallest absolute Gasteiger partial charge is 0.246 e. The fourth-order valence-electron chi connectivity index (χ4n) is 2.63. The average molecular weight is 300 g/mol. The highest BCUT2D eigenvalue weighted by molar-refractivity contribution is 7.89. The SMILES string of the molecule is CC1CCCN(S(=O)(=O)c2cnn(CCCN)c2)C1C. The molecule has 2 heterocycles. The molecule has 114 valence electrons. The van der Waals surface area contributed by atoms with Crippen LogP contribution in [0, 0.1) is 5.92 Å². The molecule has 20 heavy (non-hydrogen) atoms. The van der Waals surface area contributed by atoms with Crippen LogP contribution in [0.15, 0.2) is 17.3 Å². The lowest BCUT2D eigenvalue weighted by Gasteiger charge is -2.36. The summed E-state index contributed by atoms with van der Waals surface area (Å²) >= 11 is 0. The molecular weight excluding hydrogens is 276 g/mol. The molecule has 0 bridgehead atoms. The van der Waals surface area contributed by atoms with E-state index in [2.05, 4.69) is 12.0 Å². The quantitative estimate of drug-likeness (QED) is 0.881. The average Bonchev–Trinajstić information content (AvgIpc) is 2.89. The zero-order valence-corrected chi connectivity index (χ0v) is 13.0. The van der Waals surface area contributed by atoms with Crippen molar-refractivity contribution in [2.24, 2.45) is 11.7 Å². The molecule has 0 aromatic carbocycles. The summed E-state index contributed by atoms with van der Waals surface area (Å²) in [6.45, 7) is 5.92. The standard InChI is InChI=1S/C13H24N4O2S/c1-11-5-3-8-17(12(11)2)20(18,19)13-9-15-16(10-13)7-4-6-14/h9-12H,3-8,14H2,1-2H3. The molecular formula is C13H24N4O2S. The van der Waals surface area contributed by atoms with E-state index in [0.717, 1.165) is 19.3 Å². The van der Waals surface area contributed by atoms with Crippen LogP contribution in [0.5, 0.6) is 0 Å². The van der Waals surface area contributed by atoms with Crippen molar-refractivity contribution >= 4 is 10.0 Å². The largest absolute Gasteiger partial charge is 0.330 e. The van der Waals surface area contributed by atoms with Gasteiger partial charge in [0.15, 0.2) is 0 Å². The summed E-state index contributed by atoms with van der Waals surface area (Å²) in [6, 6.07) is 0.0427. The van der Waals surface area contributed by atoms with Gasteiger partial charge in [-0.2, -0.15) is 9.40 Å². The predicted octanol–water partition coefficient (Wildman–Crippen LogP) is 1.04. The molecule has 0 amide bonds. The third kappa shape index (κ3) is 3.05. The molecule has 1 saturated heterocycles. The minimum Gasteiger partial charge on any atom is -0.330 e. The Kier molecular flexibility index (Phi) is 4.82. The van der Waals surface area contributed by atoms with Gasteiger partial charge in [-0.1, -0.05) is 6.92 Å². The van der Waals surface area contributed by atoms with Crippen LogP contribution < -0.4 is 5.73 Å². The summed E-state index contributed by atoms with van der Waals surface area (Å²) in [4.78, 5) is 0.287. The van der Waals surface area contributed by atoms with Gasteiger partial charge in [-0.05, 0) is 38.6 Å². The third-order valence-corrected chi connectivity index (χ3v) is 6.06. The zero-order chi connectivity index (χ0) is 14.8. The first-order chi connectivity index (χ1) is 9.46. The topological polar surface area (TPSA) is 81.2 Å². The van der Waals surface area contributed by atoms with E-state index in [4.69, 9.17) is 5.73 Å². The Morgan fingerprint density at radius 3 is 2.90 bits per heavy atom. The Labute approximate surface area is 121 Å². The Morgan fingerprint density at radius 1 is 1.45 bits per heavy atom. The highest BCUT2D eigenvalue weighted by Gasteiger charge is 2.35. The molecule has 1 aliphatic heterocycles. The lowest BCUT2D eigenvalue weighted by Crippen LogP contribution is -2.45. The molecule has 7 heteroatoms. The molecule has 6 nitrogen and oxygen atoms in total. The van der Waals surface area contributed by atoms with Crippen LogP contribution in [-0.4, -0.2) is 41.6 Å². The van der Waals surface area contributed by atoms with Crippen LogP contribution in [0.2, 0.25) is 0 Å². The second-order valence-electron chi connectivity index (χ2n) is 5.56. The Bertz CT molecular complexity index is 540. The lowest BCUT2D eigenvalue weighted by molar-refractivity contribution is 0.202. The van der Waals surface area contributed by atoms with Crippen molar-refractivity contribution in [3.63, 3.8) is 0 Å². The van der Waals surface area contributed by atoms with E-state index in [0.29, 0.717) is 25.6 Å². The number of sulfonamides is 1. The van der Waals surface area contributed by atoms with Crippen LogP contribution in [0.4, 0.5) is 0 Å². The molecule has 2 atom stereocenters. The fraction of sp³-hybridized carbons (Fsp3) is 0.769. The summed E-state index contributed by atoms with van der Waals surface area (Å²) < 4.78 is 28.6. The monoisotopic (exact) mass is 300 g/mol. The van der Waals surface area contributed by atoms with Gasteiger partial charge < -0.3 is 5.73 Å². The third-order valence-electron chi connectivity index (χ3n) is 4.12. The Balaban J connectivity index is 2.19. The predicted molar refractivity (Wildman–Crippen MR) is 77.7 cm³/mol. The number of hydrogen-bond donors (Lipinski definition) is 1. The lowest BCUT2D eigenvalue weighted by atomic mass is 9.94. The molecule has 0 saturated carbocycles. The van der Waals surface area contributed by atoms with Gasteiger partial charge in [0.1, 0.15) is 4.90 Å². The van der Waals surface area contributed by atoms with Gasteiger partial charge in [-0.3, -0.25) is 4.68 Å². The van der Waals surface area contributed by atoms with Crippen LogP contribution in [0.25, 0.3) is 0 Å². The number of aromatic nitrogens is 2. The zero-order valence-electron chi connectivity index (χ0n) is 12.2.